The molecule has 1 saturated heterocycles. The van der Waals surface area contributed by atoms with Gasteiger partial charge in [0.2, 0.25) is 11.8 Å². The van der Waals surface area contributed by atoms with Crippen molar-refractivity contribution in [2.75, 3.05) is 9.80 Å². The quantitative estimate of drug-likeness (QED) is 0.373. The second kappa shape index (κ2) is 11.6. The molecular formula is C29H22Cl2F3N5O3. The monoisotopic (exact) mass is 615 g/mol. The lowest BCUT2D eigenvalue weighted by Crippen LogP contribution is -2.56. The predicted octanol–water partition coefficient (Wildman–Crippen LogP) is 5.58. The lowest BCUT2D eigenvalue weighted by Gasteiger charge is -2.39. The Balaban J connectivity index is 1.63. The van der Waals surface area contributed by atoms with Gasteiger partial charge in [-0.05, 0) is 48.9 Å². The van der Waals surface area contributed by atoms with Crippen LogP contribution in [0.1, 0.15) is 42.9 Å². The Kier molecular flexibility index (Phi) is 8.12. The molecule has 2 fully saturated rings. The molecule has 216 valence electrons. The van der Waals surface area contributed by atoms with E-state index in [1.54, 1.807) is 0 Å². The van der Waals surface area contributed by atoms with Crippen LogP contribution in [-0.2, 0) is 14.4 Å². The maximum atomic E-state index is 14.6. The topological polar surface area (TPSA) is 106 Å². The van der Waals surface area contributed by atoms with Crippen molar-refractivity contribution in [3.8, 4) is 6.07 Å². The van der Waals surface area contributed by atoms with E-state index in [9.17, 15) is 32.8 Å². The van der Waals surface area contributed by atoms with Gasteiger partial charge in [0, 0.05) is 52.8 Å². The molecule has 1 N–H and O–H groups in total. The lowest BCUT2D eigenvalue weighted by atomic mass is 9.87. The van der Waals surface area contributed by atoms with Crippen LogP contribution in [0.3, 0.4) is 0 Å². The van der Waals surface area contributed by atoms with Crippen LogP contribution in [0.4, 0.5) is 24.7 Å². The summed E-state index contributed by atoms with van der Waals surface area (Å²) < 4.78 is 41.8. The Bertz CT molecular complexity index is 1590. The van der Waals surface area contributed by atoms with Crippen molar-refractivity contribution in [1.82, 2.24) is 10.3 Å². The first-order chi connectivity index (χ1) is 20.0. The van der Waals surface area contributed by atoms with Gasteiger partial charge in [-0.15, -0.1) is 0 Å². The summed E-state index contributed by atoms with van der Waals surface area (Å²) in [5, 5.41) is 11.9. The zero-order chi connectivity index (χ0) is 30.2. The Hall–Kier alpha value is -4.14. The summed E-state index contributed by atoms with van der Waals surface area (Å²) in [6.45, 7) is 0. The van der Waals surface area contributed by atoms with Gasteiger partial charge in [-0.3, -0.25) is 24.2 Å². The number of aromatic nitrogens is 1. The molecule has 1 aliphatic heterocycles. The van der Waals surface area contributed by atoms with Gasteiger partial charge < -0.3 is 5.32 Å². The van der Waals surface area contributed by atoms with E-state index in [1.165, 1.54) is 48.7 Å². The smallest absolute Gasteiger partial charge is 0.252 e. The Labute approximate surface area is 248 Å². The molecule has 2 heterocycles. The van der Waals surface area contributed by atoms with Crippen molar-refractivity contribution < 1.29 is 27.6 Å². The van der Waals surface area contributed by atoms with E-state index >= 15 is 0 Å². The molecule has 1 saturated carbocycles. The number of hydrogen-bond acceptors (Lipinski definition) is 5. The molecule has 1 aliphatic carbocycles. The number of benzene rings is 2. The van der Waals surface area contributed by atoms with Gasteiger partial charge in [0.1, 0.15) is 23.7 Å². The second-order valence-electron chi connectivity index (χ2n) is 10.0. The third kappa shape index (κ3) is 5.78. The van der Waals surface area contributed by atoms with Gasteiger partial charge >= 0.3 is 0 Å². The molecule has 0 spiro atoms. The van der Waals surface area contributed by atoms with Gasteiger partial charge in [-0.2, -0.15) is 5.26 Å². The number of nitriles is 1. The van der Waals surface area contributed by atoms with Crippen molar-refractivity contribution >= 4 is 52.4 Å². The minimum Gasteiger partial charge on any atom is -0.351 e. The van der Waals surface area contributed by atoms with Crippen LogP contribution in [0.25, 0.3) is 0 Å². The highest BCUT2D eigenvalue weighted by molar-refractivity contribution is 6.36. The summed E-state index contributed by atoms with van der Waals surface area (Å²) in [4.78, 5) is 47.7. The average Bonchev–Trinajstić information content (AvgIpc) is 3.32. The van der Waals surface area contributed by atoms with Gasteiger partial charge in [0.05, 0.1) is 11.6 Å². The summed E-state index contributed by atoms with van der Waals surface area (Å²) in [7, 11) is 0. The van der Waals surface area contributed by atoms with E-state index in [4.69, 9.17) is 23.2 Å². The third-order valence-corrected chi connectivity index (χ3v) is 7.82. The number of nitrogens with one attached hydrogen (secondary N) is 1. The number of alkyl halides is 2. The van der Waals surface area contributed by atoms with Crippen LogP contribution < -0.4 is 15.1 Å². The summed E-state index contributed by atoms with van der Waals surface area (Å²) in [6, 6.07) is 10.3. The molecule has 3 aromatic rings. The maximum absolute atomic E-state index is 14.6. The van der Waals surface area contributed by atoms with Crippen molar-refractivity contribution in [3.05, 3.63) is 87.8 Å². The number of amides is 3. The minimum absolute atomic E-state index is 0.00136. The van der Waals surface area contributed by atoms with Gasteiger partial charge in [-0.1, -0.05) is 35.3 Å². The van der Waals surface area contributed by atoms with E-state index < -0.39 is 60.4 Å². The van der Waals surface area contributed by atoms with Crippen LogP contribution in [0.5, 0.6) is 0 Å². The van der Waals surface area contributed by atoms with Crippen molar-refractivity contribution in [1.29, 1.82) is 5.26 Å². The first-order valence-corrected chi connectivity index (χ1v) is 13.6. The summed E-state index contributed by atoms with van der Waals surface area (Å²) in [5.74, 6) is -5.75. The average molecular weight is 616 g/mol. The van der Waals surface area contributed by atoms with E-state index in [1.807, 2.05) is 6.07 Å². The number of hydrogen-bond donors (Lipinski definition) is 1. The van der Waals surface area contributed by atoms with Crippen molar-refractivity contribution in [3.63, 3.8) is 0 Å². The first-order valence-electron chi connectivity index (χ1n) is 12.9. The van der Waals surface area contributed by atoms with Crippen LogP contribution in [0.2, 0.25) is 10.0 Å². The number of carbonyl (C=O) groups is 3. The highest BCUT2D eigenvalue weighted by atomic mass is 35.5. The SMILES string of the molecule is N#Cc1ccnc(N2C(=O)CC[C@H]2C(=O)N(c2cccc(F)c2)C(C(=O)NC2CC(F)(F)C2)c2c(Cl)cccc2Cl)c1. The van der Waals surface area contributed by atoms with Crippen LogP contribution >= 0.6 is 23.2 Å². The molecule has 0 bridgehead atoms. The van der Waals surface area contributed by atoms with Crippen molar-refractivity contribution in [2.45, 2.75) is 49.7 Å². The number of pyridine rings is 1. The first kappa shape index (κ1) is 29.4. The number of anilines is 2. The second-order valence-corrected chi connectivity index (χ2v) is 10.8. The lowest BCUT2D eigenvalue weighted by molar-refractivity contribution is -0.133. The summed E-state index contributed by atoms with van der Waals surface area (Å²) >= 11 is 13.0. The number of carbonyl (C=O) groups excluding carboxylic acids is 3. The third-order valence-electron chi connectivity index (χ3n) is 7.16. The largest absolute Gasteiger partial charge is 0.351 e. The molecule has 1 aromatic heterocycles. The van der Waals surface area contributed by atoms with E-state index in [0.717, 1.165) is 21.9 Å². The van der Waals surface area contributed by atoms with Gasteiger partial charge in [-0.25, -0.2) is 18.2 Å². The van der Waals surface area contributed by atoms with Crippen LogP contribution in [-0.4, -0.2) is 40.7 Å². The molecule has 13 heteroatoms. The van der Waals surface area contributed by atoms with E-state index in [-0.39, 0.29) is 45.5 Å². The standard InChI is InChI=1S/C29H22Cl2F3N5O3/c30-20-5-2-6-21(31)25(20)26(27(41)37-18-13-29(33,34)14-18)38(19-4-1-3-17(32)12-19)28(42)22-7-8-24(40)39(22)23-11-16(15-35)9-10-36-23/h1-6,9-12,18,22,26H,7-8,13-14H2,(H,37,41)/t22-,26?/m0/s1. The molecule has 8 nitrogen and oxygen atoms in total. The fourth-order valence-corrected chi connectivity index (χ4v) is 5.81. The van der Waals surface area contributed by atoms with Crippen LogP contribution in [0.15, 0.2) is 60.8 Å². The molecular weight excluding hydrogens is 594 g/mol. The normalized spacial score (nSPS) is 18.6. The number of rotatable bonds is 7. The molecule has 0 radical (unpaired) electrons. The molecule has 5 rings (SSSR count). The maximum Gasteiger partial charge on any atom is 0.252 e. The minimum atomic E-state index is -2.94. The number of nitrogens with zero attached hydrogens (tertiary/aromatic N) is 4. The summed E-state index contributed by atoms with van der Waals surface area (Å²) in [5.41, 5.74) is 0.126. The van der Waals surface area contributed by atoms with Crippen molar-refractivity contribution in [2.24, 2.45) is 0 Å². The summed E-state index contributed by atoms with van der Waals surface area (Å²) in [6.07, 6.45) is 0.0938. The zero-order valence-electron chi connectivity index (χ0n) is 21.7. The molecule has 1 unspecified atom stereocenters. The Morgan fingerprint density at radius 3 is 2.45 bits per heavy atom. The molecule has 2 atom stereocenters. The molecule has 2 aromatic carbocycles. The molecule has 3 amide bonds. The highest BCUT2D eigenvalue weighted by Gasteiger charge is 2.49. The zero-order valence-corrected chi connectivity index (χ0v) is 23.2. The Morgan fingerprint density at radius 2 is 1.81 bits per heavy atom. The highest BCUT2D eigenvalue weighted by Crippen LogP contribution is 2.41. The predicted molar refractivity (Wildman–Crippen MR) is 149 cm³/mol. The Morgan fingerprint density at radius 1 is 1.12 bits per heavy atom. The molecule has 42 heavy (non-hydrogen) atoms. The van der Waals surface area contributed by atoms with E-state index in [2.05, 4.69) is 10.3 Å². The van der Waals surface area contributed by atoms with Gasteiger partial charge in [0.15, 0.2) is 0 Å². The van der Waals surface area contributed by atoms with E-state index in [0.29, 0.717) is 0 Å². The van der Waals surface area contributed by atoms with Gasteiger partial charge in [0.25, 0.3) is 11.8 Å². The molecule has 2 aliphatic rings. The number of halogens is 5. The fourth-order valence-electron chi connectivity index (χ4n) is 5.21. The van der Waals surface area contributed by atoms with Crippen LogP contribution in [0, 0.1) is 17.1 Å². The fraction of sp³-hybridized carbons (Fsp3) is 0.276.